The van der Waals surface area contributed by atoms with Crippen LogP contribution in [0.3, 0.4) is 0 Å². The molecule has 2 nitrogen and oxygen atoms in total. The standard InChI is InChI=1S/C13H20N2/c1-13(2,3)12-6-4-10(5-7-12)11(8-14)9-15/h10-12H,4-7H2,1-3H3. The van der Waals surface area contributed by atoms with E-state index < -0.39 is 0 Å². The van der Waals surface area contributed by atoms with Crippen LogP contribution in [0.4, 0.5) is 0 Å². The highest BCUT2D eigenvalue weighted by Gasteiger charge is 2.32. The van der Waals surface area contributed by atoms with Crippen LogP contribution in [-0.2, 0) is 0 Å². The molecule has 0 aromatic carbocycles. The van der Waals surface area contributed by atoms with Crippen LogP contribution in [0.2, 0.25) is 0 Å². The molecular weight excluding hydrogens is 184 g/mol. The van der Waals surface area contributed by atoms with Crippen molar-refractivity contribution in [2.45, 2.75) is 46.5 Å². The molecule has 0 amide bonds. The van der Waals surface area contributed by atoms with Gasteiger partial charge in [0.25, 0.3) is 0 Å². The summed E-state index contributed by atoms with van der Waals surface area (Å²) in [5, 5.41) is 17.7. The maximum absolute atomic E-state index is 8.83. The molecule has 82 valence electrons. The lowest BCUT2D eigenvalue weighted by atomic mass is 9.68. The van der Waals surface area contributed by atoms with Crippen LogP contribution in [0, 0.1) is 45.8 Å². The summed E-state index contributed by atoms with van der Waals surface area (Å²) in [5.41, 5.74) is 0.375. The van der Waals surface area contributed by atoms with Gasteiger partial charge in [0.15, 0.2) is 0 Å². The molecule has 0 bridgehead atoms. The Morgan fingerprint density at radius 2 is 1.47 bits per heavy atom. The quantitative estimate of drug-likeness (QED) is 0.656. The van der Waals surface area contributed by atoms with Gasteiger partial charge in [-0.05, 0) is 42.9 Å². The predicted molar refractivity (Wildman–Crippen MR) is 59.6 cm³/mol. The summed E-state index contributed by atoms with van der Waals surface area (Å²) in [6.45, 7) is 6.85. The molecule has 0 saturated heterocycles. The zero-order valence-electron chi connectivity index (χ0n) is 9.95. The summed E-state index contributed by atoms with van der Waals surface area (Å²) in [4.78, 5) is 0. The van der Waals surface area contributed by atoms with Crippen LogP contribution >= 0.6 is 0 Å². The lowest BCUT2D eigenvalue weighted by Crippen LogP contribution is -2.28. The molecule has 0 radical (unpaired) electrons. The van der Waals surface area contributed by atoms with Crippen molar-refractivity contribution in [2.75, 3.05) is 0 Å². The molecule has 0 heterocycles. The van der Waals surface area contributed by atoms with Gasteiger partial charge < -0.3 is 0 Å². The van der Waals surface area contributed by atoms with Crippen molar-refractivity contribution in [3.8, 4) is 12.1 Å². The normalized spacial score (nSPS) is 27.1. The first kappa shape index (κ1) is 12.1. The highest BCUT2D eigenvalue weighted by Crippen LogP contribution is 2.41. The van der Waals surface area contributed by atoms with Gasteiger partial charge in [0.1, 0.15) is 5.92 Å². The summed E-state index contributed by atoms with van der Waals surface area (Å²) >= 11 is 0. The maximum atomic E-state index is 8.83. The van der Waals surface area contributed by atoms with Gasteiger partial charge in [-0.15, -0.1) is 0 Å². The summed E-state index contributed by atoms with van der Waals surface area (Å²) < 4.78 is 0. The Labute approximate surface area is 92.9 Å². The first-order chi connectivity index (χ1) is 6.99. The minimum Gasteiger partial charge on any atom is -0.197 e. The monoisotopic (exact) mass is 204 g/mol. The second-order valence-corrected chi connectivity index (χ2v) is 5.71. The third-order valence-corrected chi connectivity index (χ3v) is 3.75. The Hall–Kier alpha value is -1.02. The van der Waals surface area contributed by atoms with Crippen LogP contribution in [0.1, 0.15) is 46.5 Å². The van der Waals surface area contributed by atoms with Gasteiger partial charge in [-0.3, -0.25) is 0 Å². The van der Waals surface area contributed by atoms with Crippen LogP contribution in [0.25, 0.3) is 0 Å². The smallest absolute Gasteiger partial charge is 0.136 e. The van der Waals surface area contributed by atoms with Crippen molar-refractivity contribution in [1.29, 1.82) is 10.5 Å². The van der Waals surface area contributed by atoms with E-state index in [1.165, 1.54) is 12.8 Å². The molecule has 1 saturated carbocycles. The Balaban J connectivity index is 2.51. The average molecular weight is 204 g/mol. The van der Waals surface area contributed by atoms with Crippen molar-refractivity contribution in [3.05, 3.63) is 0 Å². The Bertz CT molecular complexity index is 265. The fraction of sp³-hybridized carbons (Fsp3) is 0.846. The van der Waals surface area contributed by atoms with Crippen molar-refractivity contribution < 1.29 is 0 Å². The molecule has 1 aliphatic carbocycles. The second-order valence-electron chi connectivity index (χ2n) is 5.71. The number of hydrogen-bond acceptors (Lipinski definition) is 2. The van der Waals surface area contributed by atoms with Gasteiger partial charge in [0, 0.05) is 0 Å². The molecule has 0 N–H and O–H groups in total. The molecule has 0 aliphatic heterocycles. The first-order valence-electron chi connectivity index (χ1n) is 5.78. The molecule has 15 heavy (non-hydrogen) atoms. The molecule has 0 atom stereocenters. The SMILES string of the molecule is CC(C)(C)C1CCC(C(C#N)C#N)CC1. The Kier molecular flexibility index (Phi) is 3.75. The number of rotatable bonds is 1. The van der Waals surface area contributed by atoms with E-state index in [0.29, 0.717) is 11.3 Å². The Morgan fingerprint density at radius 3 is 1.80 bits per heavy atom. The summed E-state index contributed by atoms with van der Waals surface area (Å²) in [6.07, 6.45) is 4.45. The number of nitriles is 2. The van der Waals surface area contributed by atoms with Crippen LogP contribution in [0.15, 0.2) is 0 Å². The van der Waals surface area contributed by atoms with E-state index in [2.05, 4.69) is 32.9 Å². The van der Waals surface area contributed by atoms with Crippen LogP contribution in [0.5, 0.6) is 0 Å². The van der Waals surface area contributed by atoms with E-state index in [1.807, 2.05) is 0 Å². The molecule has 1 fully saturated rings. The molecule has 0 spiro atoms. The van der Waals surface area contributed by atoms with E-state index in [-0.39, 0.29) is 5.92 Å². The molecule has 2 heteroatoms. The summed E-state index contributed by atoms with van der Waals surface area (Å²) in [5.74, 6) is 0.691. The first-order valence-corrected chi connectivity index (χ1v) is 5.78. The maximum Gasteiger partial charge on any atom is 0.136 e. The summed E-state index contributed by atoms with van der Waals surface area (Å²) in [6, 6.07) is 4.23. The van der Waals surface area contributed by atoms with Gasteiger partial charge in [0.2, 0.25) is 0 Å². The van der Waals surface area contributed by atoms with E-state index in [9.17, 15) is 0 Å². The van der Waals surface area contributed by atoms with Gasteiger partial charge in [-0.1, -0.05) is 20.8 Å². The van der Waals surface area contributed by atoms with E-state index in [1.54, 1.807) is 0 Å². The third-order valence-electron chi connectivity index (χ3n) is 3.75. The van der Waals surface area contributed by atoms with Gasteiger partial charge in [0.05, 0.1) is 12.1 Å². The third kappa shape index (κ3) is 2.96. The van der Waals surface area contributed by atoms with Crippen molar-refractivity contribution in [2.24, 2.45) is 23.2 Å². The highest BCUT2D eigenvalue weighted by atomic mass is 14.4. The molecule has 0 aromatic heterocycles. The van der Waals surface area contributed by atoms with Crippen molar-refractivity contribution >= 4 is 0 Å². The van der Waals surface area contributed by atoms with E-state index in [4.69, 9.17) is 10.5 Å². The molecule has 0 unspecified atom stereocenters. The van der Waals surface area contributed by atoms with Crippen LogP contribution < -0.4 is 0 Å². The molecule has 1 aliphatic rings. The zero-order valence-corrected chi connectivity index (χ0v) is 9.95. The summed E-state index contributed by atoms with van der Waals surface area (Å²) in [7, 11) is 0. The fourth-order valence-corrected chi connectivity index (χ4v) is 2.56. The predicted octanol–water partition coefficient (Wildman–Crippen LogP) is 3.50. The highest BCUT2D eigenvalue weighted by molar-refractivity contribution is 5.03. The van der Waals surface area contributed by atoms with Crippen molar-refractivity contribution in [1.82, 2.24) is 0 Å². The lowest BCUT2D eigenvalue weighted by molar-refractivity contribution is 0.143. The lowest BCUT2D eigenvalue weighted by Gasteiger charge is -2.37. The number of hydrogen-bond donors (Lipinski definition) is 0. The van der Waals surface area contributed by atoms with E-state index >= 15 is 0 Å². The van der Waals surface area contributed by atoms with E-state index in [0.717, 1.165) is 18.8 Å². The minimum atomic E-state index is -0.383. The fourth-order valence-electron chi connectivity index (χ4n) is 2.56. The van der Waals surface area contributed by atoms with Gasteiger partial charge in [-0.2, -0.15) is 10.5 Å². The second kappa shape index (κ2) is 4.67. The molecule has 1 rings (SSSR count). The number of nitrogens with zero attached hydrogens (tertiary/aromatic N) is 2. The van der Waals surface area contributed by atoms with Gasteiger partial charge in [-0.25, -0.2) is 0 Å². The zero-order chi connectivity index (χ0) is 11.5. The van der Waals surface area contributed by atoms with Crippen LogP contribution in [-0.4, -0.2) is 0 Å². The van der Waals surface area contributed by atoms with Crippen molar-refractivity contribution in [3.63, 3.8) is 0 Å². The average Bonchev–Trinajstić information content (AvgIpc) is 2.19. The molecule has 0 aromatic rings. The topological polar surface area (TPSA) is 47.6 Å². The van der Waals surface area contributed by atoms with Gasteiger partial charge >= 0.3 is 0 Å². The Morgan fingerprint density at radius 1 is 1.00 bits per heavy atom. The molecular formula is C13H20N2. The largest absolute Gasteiger partial charge is 0.197 e. The minimum absolute atomic E-state index is 0.318.